The van der Waals surface area contributed by atoms with E-state index in [1.54, 1.807) is 30.5 Å². The SMILES string of the molecule is CC[C@@H](N[C@@H](C)C1CC1)c1ccc(Cl)c(C(=O)c2cccnc2)c1F. The van der Waals surface area contributed by atoms with E-state index in [-0.39, 0.29) is 16.6 Å². The highest BCUT2D eigenvalue weighted by atomic mass is 35.5. The van der Waals surface area contributed by atoms with Gasteiger partial charge in [-0.1, -0.05) is 24.6 Å². The minimum Gasteiger partial charge on any atom is -0.307 e. The molecular weight excluding hydrogens is 339 g/mol. The van der Waals surface area contributed by atoms with Crippen LogP contribution in [0.4, 0.5) is 4.39 Å². The fourth-order valence-corrected chi connectivity index (χ4v) is 3.40. The largest absolute Gasteiger partial charge is 0.307 e. The summed E-state index contributed by atoms with van der Waals surface area (Å²) < 4.78 is 15.2. The highest BCUT2D eigenvalue weighted by Gasteiger charge is 2.31. The van der Waals surface area contributed by atoms with Gasteiger partial charge in [0.1, 0.15) is 5.82 Å². The Kier molecular flexibility index (Phi) is 5.50. The van der Waals surface area contributed by atoms with Crippen LogP contribution in [-0.4, -0.2) is 16.8 Å². The molecule has 0 aliphatic heterocycles. The summed E-state index contributed by atoms with van der Waals surface area (Å²) in [5.74, 6) is -0.313. The summed E-state index contributed by atoms with van der Waals surface area (Å²) in [5, 5.41) is 3.63. The predicted octanol–water partition coefficient (Wildman–Crippen LogP) is 4.94. The van der Waals surface area contributed by atoms with Crippen LogP contribution < -0.4 is 5.32 Å². The van der Waals surface area contributed by atoms with Gasteiger partial charge in [-0.15, -0.1) is 0 Å². The molecule has 3 rings (SSSR count). The van der Waals surface area contributed by atoms with Gasteiger partial charge in [0.25, 0.3) is 0 Å². The summed E-state index contributed by atoms with van der Waals surface area (Å²) in [6.45, 7) is 4.14. The summed E-state index contributed by atoms with van der Waals surface area (Å²) in [7, 11) is 0. The van der Waals surface area contributed by atoms with Crippen LogP contribution in [0.3, 0.4) is 0 Å². The summed E-state index contributed by atoms with van der Waals surface area (Å²) in [5.41, 5.74) is 0.742. The second-order valence-corrected chi connectivity index (χ2v) is 7.06. The Morgan fingerprint density at radius 2 is 2.16 bits per heavy atom. The molecule has 1 saturated carbocycles. The Morgan fingerprint density at radius 3 is 2.76 bits per heavy atom. The van der Waals surface area contributed by atoms with Crippen LogP contribution >= 0.6 is 11.6 Å². The molecule has 1 heterocycles. The van der Waals surface area contributed by atoms with Crippen LogP contribution in [0.5, 0.6) is 0 Å². The van der Waals surface area contributed by atoms with Gasteiger partial charge in [0.15, 0.2) is 5.78 Å². The lowest BCUT2D eigenvalue weighted by Gasteiger charge is -2.24. The molecular formula is C20H22ClFN2O. The number of hydrogen-bond donors (Lipinski definition) is 1. The van der Waals surface area contributed by atoms with Gasteiger partial charge in [-0.25, -0.2) is 4.39 Å². The maximum Gasteiger partial charge on any atom is 0.199 e. The standard InChI is InChI=1S/C20H22ClFN2O/c1-3-17(24-12(2)13-6-7-13)15-8-9-16(21)18(19(15)22)20(25)14-5-4-10-23-11-14/h4-5,8-13,17,24H,3,6-7H2,1-2H3/t12-,17+/m0/s1. The van der Waals surface area contributed by atoms with Crippen LogP contribution in [-0.2, 0) is 0 Å². The van der Waals surface area contributed by atoms with Gasteiger partial charge in [0.05, 0.1) is 10.6 Å². The molecule has 1 aliphatic rings. The Morgan fingerprint density at radius 1 is 1.40 bits per heavy atom. The molecule has 0 unspecified atom stereocenters. The first-order valence-corrected chi connectivity index (χ1v) is 9.09. The first-order chi connectivity index (χ1) is 12.0. The minimum atomic E-state index is -0.538. The normalized spacial score (nSPS) is 16.5. The number of rotatable bonds is 7. The zero-order valence-corrected chi connectivity index (χ0v) is 15.2. The molecule has 0 radical (unpaired) electrons. The molecule has 132 valence electrons. The van der Waals surface area contributed by atoms with E-state index in [0.29, 0.717) is 23.1 Å². The van der Waals surface area contributed by atoms with Gasteiger partial charge in [-0.3, -0.25) is 9.78 Å². The lowest BCUT2D eigenvalue weighted by Crippen LogP contribution is -2.32. The molecule has 5 heteroatoms. The molecule has 1 aliphatic carbocycles. The first kappa shape index (κ1) is 18.0. The molecule has 0 amide bonds. The van der Waals surface area contributed by atoms with Crippen molar-refractivity contribution in [2.24, 2.45) is 5.92 Å². The van der Waals surface area contributed by atoms with E-state index in [1.807, 2.05) is 6.92 Å². The number of benzene rings is 1. The number of carbonyl (C=O) groups is 1. The quantitative estimate of drug-likeness (QED) is 0.711. The lowest BCUT2D eigenvalue weighted by atomic mass is 9.96. The number of nitrogens with zero attached hydrogens (tertiary/aromatic N) is 1. The number of carbonyl (C=O) groups excluding carboxylic acids is 1. The maximum atomic E-state index is 15.2. The van der Waals surface area contributed by atoms with E-state index >= 15 is 4.39 Å². The monoisotopic (exact) mass is 360 g/mol. The minimum absolute atomic E-state index is 0.0773. The smallest absolute Gasteiger partial charge is 0.199 e. The van der Waals surface area contributed by atoms with Crippen molar-refractivity contribution >= 4 is 17.4 Å². The molecule has 1 aromatic heterocycles. The van der Waals surface area contributed by atoms with Crippen molar-refractivity contribution < 1.29 is 9.18 Å². The van der Waals surface area contributed by atoms with Gasteiger partial charge in [-0.05, 0) is 50.3 Å². The molecule has 1 fully saturated rings. The molecule has 0 bridgehead atoms. The molecule has 0 spiro atoms. The number of aromatic nitrogens is 1. The highest BCUT2D eigenvalue weighted by Crippen LogP contribution is 2.35. The van der Waals surface area contributed by atoms with E-state index < -0.39 is 11.6 Å². The molecule has 25 heavy (non-hydrogen) atoms. The van der Waals surface area contributed by atoms with Crippen LogP contribution in [0, 0.1) is 11.7 Å². The predicted molar refractivity (Wildman–Crippen MR) is 97.4 cm³/mol. The average molecular weight is 361 g/mol. The zero-order chi connectivity index (χ0) is 18.0. The zero-order valence-electron chi connectivity index (χ0n) is 14.4. The van der Waals surface area contributed by atoms with Gasteiger partial charge in [0, 0.05) is 35.6 Å². The van der Waals surface area contributed by atoms with Gasteiger partial charge >= 0.3 is 0 Å². The Labute approximate surface area is 152 Å². The van der Waals surface area contributed by atoms with E-state index in [9.17, 15) is 4.79 Å². The molecule has 2 aromatic rings. The highest BCUT2D eigenvalue weighted by molar-refractivity contribution is 6.35. The van der Waals surface area contributed by atoms with Crippen molar-refractivity contribution in [1.29, 1.82) is 0 Å². The fraction of sp³-hybridized carbons (Fsp3) is 0.400. The maximum absolute atomic E-state index is 15.2. The average Bonchev–Trinajstić information content (AvgIpc) is 3.46. The number of halogens is 2. The van der Waals surface area contributed by atoms with Crippen LogP contribution in [0.2, 0.25) is 5.02 Å². The molecule has 0 saturated heterocycles. The lowest BCUT2D eigenvalue weighted by molar-refractivity contribution is 0.103. The molecule has 3 nitrogen and oxygen atoms in total. The van der Waals surface area contributed by atoms with E-state index in [1.165, 1.54) is 19.0 Å². The van der Waals surface area contributed by atoms with Crippen molar-refractivity contribution in [1.82, 2.24) is 10.3 Å². The van der Waals surface area contributed by atoms with Crippen LogP contribution in [0.15, 0.2) is 36.7 Å². The second-order valence-electron chi connectivity index (χ2n) is 6.65. The summed E-state index contributed by atoms with van der Waals surface area (Å²) in [4.78, 5) is 16.6. The third-order valence-corrected chi connectivity index (χ3v) is 5.16. The first-order valence-electron chi connectivity index (χ1n) is 8.71. The number of hydrogen-bond acceptors (Lipinski definition) is 3. The third-order valence-electron chi connectivity index (χ3n) is 4.85. The molecule has 1 aromatic carbocycles. The fourth-order valence-electron chi connectivity index (χ4n) is 3.16. The Hall–Kier alpha value is -1.78. The summed E-state index contributed by atoms with van der Waals surface area (Å²) in [6.07, 6.45) is 6.17. The summed E-state index contributed by atoms with van der Waals surface area (Å²) in [6, 6.07) is 6.73. The van der Waals surface area contributed by atoms with E-state index in [0.717, 1.165) is 6.42 Å². The van der Waals surface area contributed by atoms with E-state index in [2.05, 4.69) is 17.2 Å². The number of pyridine rings is 1. The third kappa shape index (κ3) is 3.91. The van der Waals surface area contributed by atoms with Crippen molar-refractivity contribution in [3.63, 3.8) is 0 Å². The van der Waals surface area contributed by atoms with Gasteiger partial charge in [0.2, 0.25) is 0 Å². The molecule has 1 N–H and O–H groups in total. The van der Waals surface area contributed by atoms with Crippen molar-refractivity contribution in [2.75, 3.05) is 0 Å². The topological polar surface area (TPSA) is 42.0 Å². The van der Waals surface area contributed by atoms with Gasteiger partial charge < -0.3 is 5.32 Å². The summed E-state index contributed by atoms with van der Waals surface area (Å²) >= 11 is 6.16. The van der Waals surface area contributed by atoms with Crippen molar-refractivity contribution in [3.05, 3.63) is 64.2 Å². The Bertz CT molecular complexity index is 762. The van der Waals surface area contributed by atoms with Crippen molar-refractivity contribution in [2.45, 2.75) is 45.2 Å². The number of ketones is 1. The van der Waals surface area contributed by atoms with Crippen molar-refractivity contribution in [3.8, 4) is 0 Å². The Balaban J connectivity index is 1.94. The van der Waals surface area contributed by atoms with Crippen LogP contribution in [0.25, 0.3) is 0 Å². The van der Waals surface area contributed by atoms with Gasteiger partial charge in [-0.2, -0.15) is 0 Å². The van der Waals surface area contributed by atoms with E-state index in [4.69, 9.17) is 11.6 Å². The number of nitrogens with one attached hydrogen (secondary N) is 1. The molecule has 2 atom stereocenters. The van der Waals surface area contributed by atoms with Crippen LogP contribution in [0.1, 0.15) is 60.6 Å². The second kappa shape index (κ2) is 7.63.